The van der Waals surface area contributed by atoms with Gasteiger partial charge in [0.15, 0.2) is 5.78 Å². The second-order valence-corrected chi connectivity index (χ2v) is 8.50. The standard InChI is InChI=1S/C24H25N3O3/c1-16-7-8-22-18(13-16)21(28)14-24(30-22)9-11-26(12-10-24)23(29)15-27-17(2)25-19-5-3-4-6-20(19)27/h3-8,13H,9-12,14-15H2,1-2H3. The van der Waals surface area contributed by atoms with E-state index in [1.807, 2.05) is 65.8 Å². The van der Waals surface area contributed by atoms with Gasteiger partial charge in [0.1, 0.15) is 23.7 Å². The number of ether oxygens (including phenoxy) is 1. The van der Waals surface area contributed by atoms with E-state index in [0.29, 0.717) is 43.7 Å². The van der Waals surface area contributed by atoms with Gasteiger partial charge in [0, 0.05) is 25.9 Å². The molecule has 6 heteroatoms. The van der Waals surface area contributed by atoms with Gasteiger partial charge < -0.3 is 14.2 Å². The molecule has 0 aliphatic carbocycles. The minimum atomic E-state index is -0.492. The Kier molecular flexibility index (Phi) is 4.38. The van der Waals surface area contributed by atoms with E-state index in [2.05, 4.69) is 4.98 Å². The lowest BCUT2D eigenvalue weighted by Gasteiger charge is -2.44. The number of imidazole rings is 1. The van der Waals surface area contributed by atoms with Crippen LogP contribution in [0.4, 0.5) is 0 Å². The Morgan fingerprint density at radius 3 is 2.70 bits per heavy atom. The van der Waals surface area contributed by atoms with E-state index in [0.717, 1.165) is 22.4 Å². The highest BCUT2D eigenvalue weighted by atomic mass is 16.5. The fourth-order valence-electron chi connectivity index (χ4n) is 4.68. The summed E-state index contributed by atoms with van der Waals surface area (Å²) >= 11 is 0. The molecule has 0 atom stereocenters. The zero-order valence-corrected chi connectivity index (χ0v) is 17.4. The van der Waals surface area contributed by atoms with Crippen molar-refractivity contribution >= 4 is 22.7 Å². The van der Waals surface area contributed by atoms with Crippen LogP contribution in [0, 0.1) is 13.8 Å². The van der Waals surface area contributed by atoms with Crippen molar-refractivity contribution in [2.75, 3.05) is 13.1 Å². The van der Waals surface area contributed by atoms with Gasteiger partial charge in [-0.05, 0) is 38.1 Å². The number of hydrogen-bond donors (Lipinski definition) is 0. The molecule has 3 aromatic rings. The maximum atomic E-state index is 13.0. The number of aryl methyl sites for hydroxylation is 2. The van der Waals surface area contributed by atoms with Crippen LogP contribution in [0.3, 0.4) is 0 Å². The van der Waals surface area contributed by atoms with E-state index in [4.69, 9.17) is 4.74 Å². The number of ketones is 1. The SMILES string of the molecule is Cc1ccc2c(c1)C(=O)CC1(CCN(C(=O)Cn3c(C)nc4ccccc43)CC1)O2. The summed E-state index contributed by atoms with van der Waals surface area (Å²) in [6.07, 6.45) is 1.72. The minimum Gasteiger partial charge on any atom is -0.486 e. The van der Waals surface area contributed by atoms with E-state index in [1.165, 1.54) is 0 Å². The maximum absolute atomic E-state index is 13.0. The molecule has 1 spiro atoms. The van der Waals surface area contributed by atoms with E-state index in [9.17, 15) is 9.59 Å². The maximum Gasteiger partial charge on any atom is 0.242 e. The van der Waals surface area contributed by atoms with Gasteiger partial charge in [-0.15, -0.1) is 0 Å². The molecule has 1 fully saturated rings. The lowest BCUT2D eigenvalue weighted by molar-refractivity contribution is -0.135. The molecule has 30 heavy (non-hydrogen) atoms. The number of nitrogens with zero attached hydrogens (tertiary/aromatic N) is 3. The summed E-state index contributed by atoms with van der Waals surface area (Å²) in [5.74, 6) is 1.73. The van der Waals surface area contributed by atoms with Gasteiger partial charge in [0.25, 0.3) is 0 Å². The number of hydrogen-bond acceptors (Lipinski definition) is 4. The summed E-state index contributed by atoms with van der Waals surface area (Å²) in [4.78, 5) is 32.2. The lowest BCUT2D eigenvalue weighted by atomic mass is 9.82. The van der Waals surface area contributed by atoms with Crippen molar-refractivity contribution < 1.29 is 14.3 Å². The Balaban J connectivity index is 1.29. The molecule has 6 nitrogen and oxygen atoms in total. The van der Waals surface area contributed by atoms with Crippen LogP contribution in [0.5, 0.6) is 5.75 Å². The third-order valence-electron chi connectivity index (χ3n) is 6.41. The van der Waals surface area contributed by atoms with Gasteiger partial charge in [0.2, 0.25) is 5.91 Å². The van der Waals surface area contributed by atoms with Gasteiger partial charge in [-0.3, -0.25) is 9.59 Å². The number of carbonyl (C=O) groups is 2. The second-order valence-electron chi connectivity index (χ2n) is 8.50. The highest BCUT2D eigenvalue weighted by Crippen LogP contribution is 2.39. The van der Waals surface area contributed by atoms with Crippen molar-refractivity contribution in [2.45, 2.75) is 45.3 Å². The van der Waals surface area contributed by atoms with Crippen LogP contribution in [-0.4, -0.2) is 44.8 Å². The van der Waals surface area contributed by atoms with Crippen LogP contribution in [-0.2, 0) is 11.3 Å². The quantitative estimate of drug-likeness (QED) is 0.655. The molecule has 0 N–H and O–H groups in total. The first kappa shape index (κ1) is 18.9. The molecule has 1 amide bonds. The van der Waals surface area contributed by atoms with Crippen molar-refractivity contribution in [1.29, 1.82) is 0 Å². The zero-order valence-electron chi connectivity index (χ0n) is 17.4. The molecular weight excluding hydrogens is 378 g/mol. The first-order valence-electron chi connectivity index (χ1n) is 10.5. The first-order valence-corrected chi connectivity index (χ1v) is 10.5. The predicted molar refractivity (Wildman–Crippen MR) is 114 cm³/mol. The summed E-state index contributed by atoms with van der Waals surface area (Å²) in [6, 6.07) is 13.7. The van der Waals surface area contributed by atoms with E-state index in [-0.39, 0.29) is 18.2 Å². The number of rotatable bonds is 2. The van der Waals surface area contributed by atoms with Gasteiger partial charge >= 0.3 is 0 Å². The number of likely N-dealkylation sites (tertiary alicyclic amines) is 1. The monoisotopic (exact) mass is 403 g/mol. The smallest absolute Gasteiger partial charge is 0.242 e. The summed E-state index contributed by atoms with van der Waals surface area (Å²) in [7, 11) is 0. The topological polar surface area (TPSA) is 64.4 Å². The Hall–Kier alpha value is -3.15. The fraction of sp³-hybridized carbons (Fsp3) is 0.375. The van der Waals surface area contributed by atoms with E-state index in [1.54, 1.807) is 0 Å². The van der Waals surface area contributed by atoms with Crippen LogP contribution in [0.25, 0.3) is 11.0 Å². The number of benzene rings is 2. The molecule has 0 bridgehead atoms. The molecule has 0 radical (unpaired) electrons. The summed E-state index contributed by atoms with van der Waals surface area (Å²) in [6.45, 7) is 5.38. The number of aromatic nitrogens is 2. The van der Waals surface area contributed by atoms with Crippen molar-refractivity contribution in [3.05, 3.63) is 59.4 Å². The Bertz CT molecular complexity index is 1160. The van der Waals surface area contributed by atoms with Crippen LogP contribution < -0.4 is 4.74 Å². The summed E-state index contributed by atoms with van der Waals surface area (Å²) in [5.41, 5.74) is 3.13. The summed E-state index contributed by atoms with van der Waals surface area (Å²) < 4.78 is 8.30. The summed E-state index contributed by atoms with van der Waals surface area (Å²) in [5, 5.41) is 0. The zero-order chi connectivity index (χ0) is 20.9. The first-order chi connectivity index (χ1) is 14.4. The van der Waals surface area contributed by atoms with Crippen LogP contribution in [0.15, 0.2) is 42.5 Å². The van der Waals surface area contributed by atoms with E-state index < -0.39 is 5.60 Å². The molecule has 5 rings (SSSR count). The molecule has 2 aliphatic rings. The number of Topliss-reactive ketones (excluding diaryl/α,β-unsaturated/α-hetero) is 1. The number of piperidine rings is 1. The van der Waals surface area contributed by atoms with Gasteiger partial charge in [-0.25, -0.2) is 4.98 Å². The Labute approximate surface area is 175 Å². The second kappa shape index (κ2) is 6.97. The van der Waals surface area contributed by atoms with E-state index >= 15 is 0 Å². The molecule has 2 aromatic carbocycles. The van der Waals surface area contributed by atoms with Crippen molar-refractivity contribution in [1.82, 2.24) is 14.5 Å². The van der Waals surface area contributed by atoms with Crippen molar-refractivity contribution in [2.24, 2.45) is 0 Å². The third-order valence-corrected chi connectivity index (χ3v) is 6.41. The third kappa shape index (κ3) is 3.16. The number of para-hydroxylation sites is 2. The molecular formula is C24H25N3O3. The molecule has 1 aromatic heterocycles. The van der Waals surface area contributed by atoms with Crippen molar-refractivity contribution in [3.8, 4) is 5.75 Å². The molecule has 154 valence electrons. The normalized spacial score (nSPS) is 17.8. The number of fused-ring (bicyclic) bond motifs is 2. The van der Waals surface area contributed by atoms with Gasteiger partial charge in [0.05, 0.1) is 23.0 Å². The average Bonchev–Trinajstić information content (AvgIpc) is 3.04. The van der Waals surface area contributed by atoms with Gasteiger partial charge in [-0.1, -0.05) is 23.8 Å². The Morgan fingerprint density at radius 2 is 1.90 bits per heavy atom. The predicted octanol–water partition coefficient (Wildman–Crippen LogP) is 3.68. The van der Waals surface area contributed by atoms with Crippen LogP contribution in [0.2, 0.25) is 0 Å². The van der Waals surface area contributed by atoms with Crippen LogP contribution in [0.1, 0.15) is 41.0 Å². The molecule has 2 aliphatic heterocycles. The largest absolute Gasteiger partial charge is 0.486 e. The van der Waals surface area contributed by atoms with Crippen LogP contribution >= 0.6 is 0 Å². The average molecular weight is 403 g/mol. The highest BCUT2D eigenvalue weighted by molar-refractivity contribution is 6.00. The molecule has 0 unspecified atom stereocenters. The molecule has 3 heterocycles. The fourth-order valence-corrected chi connectivity index (χ4v) is 4.68. The molecule has 1 saturated heterocycles. The minimum absolute atomic E-state index is 0.0780. The van der Waals surface area contributed by atoms with Gasteiger partial charge in [-0.2, -0.15) is 0 Å². The highest BCUT2D eigenvalue weighted by Gasteiger charge is 2.43. The Morgan fingerprint density at radius 1 is 1.13 bits per heavy atom. The lowest BCUT2D eigenvalue weighted by Crippen LogP contribution is -2.52. The number of carbonyl (C=O) groups excluding carboxylic acids is 2. The molecule has 0 saturated carbocycles. The van der Waals surface area contributed by atoms with Crippen molar-refractivity contribution in [3.63, 3.8) is 0 Å². The number of amides is 1.